The molecule has 13 nitrogen and oxygen atoms in total. The fourth-order valence-electron chi connectivity index (χ4n) is 8.24. The van der Waals surface area contributed by atoms with Crippen LogP contribution >= 0.6 is 11.3 Å². The van der Waals surface area contributed by atoms with Crippen LogP contribution in [0.25, 0.3) is 33.4 Å². The van der Waals surface area contributed by atoms with Crippen LogP contribution in [0, 0.1) is 5.41 Å². The van der Waals surface area contributed by atoms with Gasteiger partial charge in [-0.2, -0.15) is 0 Å². The number of fused-ring (bicyclic) bond motifs is 6. The van der Waals surface area contributed by atoms with Crippen LogP contribution in [0.3, 0.4) is 0 Å². The van der Waals surface area contributed by atoms with Crippen LogP contribution in [-0.2, 0) is 38.4 Å². The maximum Gasteiger partial charge on any atom is 0.324 e. The van der Waals surface area contributed by atoms with Crippen LogP contribution in [0.2, 0.25) is 0 Å². The van der Waals surface area contributed by atoms with Gasteiger partial charge in [0.2, 0.25) is 0 Å². The predicted octanol–water partition coefficient (Wildman–Crippen LogP) is 5.43. The number of hydrogen-bond acceptors (Lipinski definition) is 10. The minimum absolute atomic E-state index is 0.00735. The minimum atomic E-state index is -0.892. The lowest BCUT2D eigenvalue weighted by Gasteiger charge is -2.39. The number of ether oxygens (including phenoxy) is 2. The van der Waals surface area contributed by atoms with Gasteiger partial charge < -0.3 is 29.2 Å². The fourth-order valence-corrected chi connectivity index (χ4v) is 9.09. The van der Waals surface area contributed by atoms with Crippen molar-refractivity contribution < 1.29 is 23.9 Å². The number of methoxy groups -OCH3 is 1. The maximum atomic E-state index is 14.3. The summed E-state index contributed by atoms with van der Waals surface area (Å²) in [5.41, 5.74) is 9.65. The van der Waals surface area contributed by atoms with Crippen molar-refractivity contribution in [3.8, 4) is 22.5 Å². The Morgan fingerprint density at radius 3 is 2.78 bits per heavy atom. The molecule has 0 aliphatic carbocycles. The SMILES string of the molecule is CCn1c(-c2cccnc2[C@H](C)OC)c2c3cc(ccc31)-c1csc(n1)C[C@H](NC(=O)N1CCN(C)C[C@@H]1C)C(=O)N1CCC[C@H](N1)C(=O)OCC(C)(C)C2. The Morgan fingerprint density at radius 1 is 1.20 bits per heavy atom. The molecule has 4 atom stereocenters. The van der Waals surface area contributed by atoms with E-state index in [9.17, 15) is 14.4 Å². The first-order valence-corrected chi connectivity index (χ1v) is 20.3. The standard InChI is InChI=1S/C41H54N8O5S/c1-8-47-34-14-13-27-19-29(34)30(37(47)28-11-9-15-42-36(28)26(3)53-7)21-41(4,5)24-54-39(51)31-12-10-16-49(45-31)38(50)32(20-35-43-33(27)23-55-35)44-40(52)48-18-17-46(6)22-25(48)2/h9,11,13-15,19,23,25-26,31-32,45H,8,10,12,16-18,20-22,24H2,1-7H3,(H,44,52)/t25-,26-,31-,32-/m0/s1. The fraction of sp³-hybridized carbons (Fsp3) is 0.537. The number of aromatic nitrogens is 3. The van der Waals surface area contributed by atoms with E-state index in [1.807, 2.05) is 32.3 Å². The number of carbonyl (C=O) groups is 3. The number of carbonyl (C=O) groups excluding carboxylic acids is 3. The van der Waals surface area contributed by atoms with Crippen molar-refractivity contribution >= 4 is 40.1 Å². The molecule has 3 aliphatic heterocycles. The molecule has 55 heavy (non-hydrogen) atoms. The zero-order chi connectivity index (χ0) is 39.0. The van der Waals surface area contributed by atoms with E-state index in [1.54, 1.807) is 18.2 Å². The number of benzene rings is 1. The summed E-state index contributed by atoms with van der Waals surface area (Å²) < 4.78 is 14.2. The highest BCUT2D eigenvalue weighted by Gasteiger charge is 2.37. The van der Waals surface area contributed by atoms with Crippen molar-refractivity contribution in [2.24, 2.45) is 5.41 Å². The minimum Gasteiger partial charge on any atom is -0.464 e. The molecule has 0 spiro atoms. The van der Waals surface area contributed by atoms with Gasteiger partial charge in [-0.1, -0.05) is 19.9 Å². The lowest BCUT2D eigenvalue weighted by molar-refractivity contribution is -0.155. The number of nitrogens with one attached hydrogen (secondary N) is 2. The normalized spacial score (nSPS) is 23.0. The zero-order valence-electron chi connectivity index (χ0n) is 33.1. The van der Waals surface area contributed by atoms with Crippen LogP contribution in [0.5, 0.6) is 0 Å². The number of urea groups is 1. The molecule has 2 saturated heterocycles. The van der Waals surface area contributed by atoms with E-state index in [0.29, 0.717) is 32.4 Å². The lowest BCUT2D eigenvalue weighted by Crippen LogP contribution is -2.62. The summed E-state index contributed by atoms with van der Waals surface area (Å²) in [4.78, 5) is 55.6. The summed E-state index contributed by atoms with van der Waals surface area (Å²) >= 11 is 1.48. The van der Waals surface area contributed by atoms with Gasteiger partial charge in [0.15, 0.2) is 0 Å². The molecular weight excluding hydrogens is 717 g/mol. The number of rotatable bonds is 5. The van der Waals surface area contributed by atoms with Crippen molar-refractivity contribution in [2.45, 2.75) is 91.1 Å². The van der Waals surface area contributed by atoms with Gasteiger partial charge in [0.05, 0.1) is 34.8 Å². The van der Waals surface area contributed by atoms with Crippen LogP contribution in [0.4, 0.5) is 4.79 Å². The first-order valence-electron chi connectivity index (χ1n) is 19.4. The summed E-state index contributed by atoms with van der Waals surface area (Å²) in [5, 5.41) is 8.41. The summed E-state index contributed by atoms with van der Waals surface area (Å²) in [7, 11) is 3.74. The Hall–Kier alpha value is -4.37. The maximum absolute atomic E-state index is 14.3. The average Bonchev–Trinajstić information content (AvgIpc) is 3.77. The third-order valence-corrected chi connectivity index (χ3v) is 12.1. The number of hydrogen-bond donors (Lipinski definition) is 2. The Bertz CT molecular complexity index is 2060. The van der Waals surface area contributed by atoms with Crippen LogP contribution in [0.15, 0.2) is 41.9 Å². The average molecular weight is 771 g/mol. The van der Waals surface area contributed by atoms with E-state index in [1.165, 1.54) is 16.3 Å². The van der Waals surface area contributed by atoms with Gasteiger partial charge >= 0.3 is 12.0 Å². The second kappa shape index (κ2) is 16.0. The topological polar surface area (TPSA) is 134 Å². The molecule has 0 saturated carbocycles. The molecule has 294 valence electrons. The quantitative estimate of drug-likeness (QED) is 0.255. The van der Waals surface area contributed by atoms with Crippen molar-refractivity contribution in [2.75, 3.05) is 46.9 Å². The van der Waals surface area contributed by atoms with Gasteiger partial charge in [-0.05, 0) is 76.9 Å². The molecule has 4 aromatic rings. The number of piperazine rings is 1. The van der Waals surface area contributed by atoms with Crippen LogP contribution < -0.4 is 10.7 Å². The van der Waals surface area contributed by atoms with E-state index in [0.717, 1.165) is 69.3 Å². The molecule has 14 heteroatoms. The van der Waals surface area contributed by atoms with Crippen LogP contribution in [0.1, 0.15) is 69.8 Å². The Labute approximate surface area is 327 Å². The number of pyridine rings is 1. The molecule has 2 fully saturated rings. The lowest BCUT2D eigenvalue weighted by atomic mass is 9.84. The number of cyclic esters (lactones) is 1. The van der Waals surface area contributed by atoms with Gasteiger partial charge in [-0.15, -0.1) is 11.3 Å². The number of likely N-dealkylation sites (N-methyl/N-ethyl adjacent to an activating group) is 1. The predicted molar refractivity (Wildman–Crippen MR) is 213 cm³/mol. The van der Waals surface area contributed by atoms with E-state index in [4.69, 9.17) is 19.4 Å². The van der Waals surface area contributed by atoms with E-state index in [-0.39, 0.29) is 37.1 Å². The summed E-state index contributed by atoms with van der Waals surface area (Å²) in [6.45, 7) is 13.8. The van der Waals surface area contributed by atoms with Gasteiger partial charge in [-0.3, -0.25) is 19.6 Å². The van der Waals surface area contributed by atoms with E-state index < -0.39 is 23.5 Å². The largest absolute Gasteiger partial charge is 0.464 e. The van der Waals surface area contributed by atoms with Crippen molar-refractivity contribution in [3.05, 3.63) is 58.2 Å². The molecule has 6 bridgehead atoms. The van der Waals surface area contributed by atoms with Crippen molar-refractivity contribution in [3.63, 3.8) is 0 Å². The van der Waals surface area contributed by atoms with Gasteiger partial charge in [0, 0.05) is 91.3 Å². The smallest absolute Gasteiger partial charge is 0.324 e. The van der Waals surface area contributed by atoms with E-state index >= 15 is 0 Å². The molecule has 6 heterocycles. The number of nitrogens with zero attached hydrogens (tertiary/aromatic N) is 6. The zero-order valence-corrected chi connectivity index (χ0v) is 33.9. The molecule has 1 aromatic carbocycles. The Morgan fingerprint density at radius 2 is 2.02 bits per heavy atom. The molecule has 0 radical (unpaired) electrons. The summed E-state index contributed by atoms with van der Waals surface area (Å²) in [6, 6.07) is 8.68. The Balaban J connectivity index is 1.33. The first kappa shape index (κ1) is 38.9. The monoisotopic (exact) mass is 770 g/mol. The Kier molecular flexibility index (Phi) is 11.3. The number of aryl methyl sites for hydroxylation is 1. The molecule has 0 unspecified atom stereocenters. The highest BCUT2D eigenvalue weighted by atomic mass is 32.1. The highest BCUT2D eigenvalue weighted by molar-refractivity contribution is 7.10. The summed E-state index contributed by atoms with van der Waals surface area (Å²) in [5.74, 6) is -0.701. The third kappa shape index (κ3) is 8.00. The molecule has 3 aromatic heterocycles. The number of esters is 1. The molecule has 3 amide bonds. The van der Waals surface area contributed by atoms with E-state index in [2.05, 4.69) is 65.2 Å². The third-order valence-electron chi connectivity index (χ3n) is 11.2. The second-order valence-electron chi connectivity index (χ2n) is 16.0. The van der Waals surface area contributed by atoms with Gasteiger partial charge in [0.25, 0.3) is 5.91 Å². The number of thiazole rings is 1. The highest BCUT2D eigenvalue weighted by Crippen LogP contribution is 2.42. The second-order valence-corrected chi connectivity index (χ2v) is 17.0. The van der Waals surface area contributed by atoms with Crippen molar-refractivity contribution in [1.82, 2.24) is 40.1 Å². The number of amides is 3. The first-order chi connectivity index (χ1) is 26.4. The summed E-state index contributed by atoms with van der Waals surface area (Å²) in [6.07, 6.45) is 3.57. The van der Waals surface area contributed by atoms with Crippen molar-refractivity contribution in [1.29, 1.82) is 0 Å². The van der Waals surface area contributed by atoms with Gasteiger partial charge in [0.1, 0.15) is 12.1 Å². The molecule has 2 N–H and O–H groups in total. The molecule has 7 rings (SSSR count). The number of hydrazine groups is 1. The molecular formula is C41H54N8O5S. The van der Waals surface area contributed by atoms with Crippen LogP contribution in [-0.4, -0.2) is 112 Å². The van der Waals surface area contributed by atoms with Gasteiger partial charge in [-0.25, -0.2) is 15.2 Å². The molecule has 3 aliphatic rings.